The van der Waals surface area contributed by atoms with Crippen molar-refractivity contribution in [1.82, 2.24) is 20.2 Å². The molecule has 0 radical (unpaired) electrons. The summed E-state index contributed by atoms with van der Waals surface area (Å²) in [5.41, 5.74) is 1.84. The van der Waals surface area contributed by atoms with E-state index in [1.165, 1.54) is 11.8 Å². The average Bonchev–Trinajstić information content (AvgIpc) is 3.36. The average molecular weight is 386 g/mol. The molecule has 0 amide bonds. The first kappa shape index (κ1) is 17.8. The zero-order valence-electron chi connectivity index (χ0n) is 14.4. The van der Waals surface area contributed by atoms with Gasteiger partial charge in [0.1, 0.15) is 0 Å². The van der Waals surface area contributed by atoms with Crippen molar-refractivity contribution in [3.8, 4) is 17.2 Å². The van der Waals surface area contributed by atoms with E-state index in [4.69, 9.17) is 14.2 Å². The Morgan fingerprint density at radius 2 is 2.00 bits per heavy atom. The number of aromatic nitrogens is 4. The van der Waals surface area contributed by atoms with E-state index in [0.29, 0.717) is 17.5 Å². The van der Waals surface area contributed by atoms with Gasteiger partial charge >= 0.3 is 0 Å². The van der Waals surface area contributed by atoms with Crippen LogP contribution in [0.3, 0.4) is 0 Å². The fraction of sp³-hybridized carbons (Fsp3) is 0.278. The number of tetrazole rings is 1. The van der Waals surface area contributed by atoms with Gasteiger partial charge in [0.05, 0.1) is 25.0 Å². The van der Waals surface area contributed by atoms with Crippen LogP contribution in [0.5, 0.6) is 11.5 Å². The summed E-state index contributed by atoms with van der Waals surface area (Å²) in [7, 11) is 0. The van der Waals surface area contributed by atoms with Gasteiger partial charge in [-0.3, -0.25) is 0 Å². The number of para-hydroxylation sites is 1. The number of hydrogen-bond donors (Lipinski definition) is 1. The van der Waals surface area contributed by atoms with Gasteiger partial charge in [-0.15, -0.1) is 5.10 Å². The number of aliphatic hydroxyl groups is 1. The highest BCUT2D eigenvalue weighted by atomic mass is 32.2. The second kappa shape index (κ2) is 8.38. The normalized spacial score (nSPS) is 13.7. The molecule has 4 rings (SSSR count). The number of aliphatic hydroxyl groups excluding tert-OH is 1. The lowest BCUT2D eigenvalue weighted by atomic mass is 10.2. The summed E-state index contributed by atoms with van der Waals surface area (Å²) < 4.78 is 17.9. The van der Waals surface area contributed by atoms with Crippen LogP contribution in [0.25, 0.3) is 5.69 Å². The van der Waals surface area contributed by atoms with Gasteiger partial charge in [0, 0.05) is 5.75 Å². The molecule has 0 saturated heterocycles. The first-order chi connectivity index (χ1) is 13.3. The van der Waals surface area contributed by atoms with E-state index >= 15 is 0 Å². The molecule has 0 saturated carbocycles. The molecule has 0 bridgehead atoms. The van der Waals surface area contributed by atoms with E-state index < -0.39 is 6.10 Å². The zero-order valence-corrected chi connectivity index (χ0v) is 15.2. The summed E-state index contributed by atoms with van der Waals surface area (Å²) in [6.07, 6.45) is -0.634. The van der Waals surface area contributed by atoms with Crippen LogP contribution < -0.4 is 9.47 Å². The molecule has 0 fully saturated rings. The topological polar surface area (TPSA) is 91.5 Å². The maximum absolute atomic E-state index is 10.2. The third kappa shape index (κ3) is 4.38. The van der Waals surface area contributed by atoms with Crippen LogP contribution in [0, 0.1) is 0 Å². The van der Waals surface area contributed by atoms with Gasteiger partial charge in [0.2, 0.25) is 11.9 Å². The number of hydrogen-bond acceptors (Lipinski definition) is 8. The SMILES string of the molecule is OC(COCc1ccc2c(c1)OCO2)CSc1nnnn1-c1ccccc1. The van der Waals surface area contributed by atoms with E-state index in [2.05, 4.69) is 15.5 Å². The van der Waals surface area contributed by atoms with Gasteiger partial charge in [0.15, 0.2) is 11.5 Å². The van der Waals surface area contributed by atoms with E-state index in [1.54, 1.807) is 4.68 Å². The second-order valence-corrected chi connectivity index (χ2v) is 6.86. The molecule has 1 aliphatic heterocycles. The summed E-state index contributed by atoms with van der Waals surface area (Å²) in [5, 5.41) is 22.5. The number of rotatable bonds is 8. The van der Waals surface area contributed by atoms with Crippen LogP contribution in [0.1, 0.15) is 5.56 Å². The first-order valence-electron chi connectivity index (χ1n) is 8.40. The van der Waals surface area contributed by atoms with Crippen molar-refractivity contribution in [2.75, 3.05) is 19.2 Å². The van der Waals surface area contributed by atoms with Crippen molar-refractivity contribution in [3.63, 3.8) is 0 Å². The van der Waals surface area contributed by atoms with Gasteiger partial charge in [0.25, 0.3) is 0 Å². The lowest BCUT2D eigenvalue weighted by Gasteiger charge is -2.11. The minimum Gasteiger partial charge on any atom is -0.454 e. The Bertz CT molecular complexity index is 890. The molecule has 1 unspecified atom stereocenters. The minimum absolute atomic E-state index is 0.217. The number of nitrogens with zero attached hydrogens (tertiary/aromatic N) is 4. The highest BCUT2D eigenvalue weighted by Crippen LogP contribution is 2.32. The molecule has 1 atom stereocenters. The molecule has 1 N–H and O–H groups in total. The Morgan fingerprint density at radius 3 is 2.89 bits per heavy atom. The van der Waals surface area contributed by atoms with Gasteiger partial charge in [-0.25, -0.2) is 0 Å². The number of ether oxygens (including phenoxy) is 3. The van der Waals surface area contributed by atoms with Gasteiger partial charge in [-0.2, -0.15) is 4.68 Å². The van der Waals surface area contributed by atoms with E-state index in [0.717, 1.165) is 22.7 Å². The van der Waals surface area contributed by atoms with Crippen LogP contribution in [0.15, 0.2) is 53.7 Å². The number of thioether (sulfide) groups is 1. The van der Waals surface area contributed by atoms with Gasteiger partial charge in [-0.1, -0.05) is 36.0 Å². The molecule has 1 aromatic heterocycles. The first-order valence-corrected chi connectivity index (χ1v) is 9.39. The predicted molar refractivity (Wildman–Crippen MR) is 98.1 cm³/mol. The third-order valence-corrected chi connectivity index (χ3v) is 4.93. The fourth-order valence-electron chi connectivity index (χ4n) is 2.56. The molecule has 0 aliphatic carbocycles. The smallest absolute Gasteiger partial charge is 0.231 e. The summed E-state index contributed by atoms with van der Waals surface area (Å²) in [5.74, 6) is 1.89. The van der Waals surface area contributed by atoms with Crippen molar-refractivity contribution in [1.29, 1.82) is 0 Å². The molecule has 0 spiro atoms. The molecule has 140 valence electrons. The molecule has 8 nitrogen and oxygen atoms in total. The van der Waals surface area contributed by atoms with Crippen LogP contribution >= 0.6 is 11.8 Å². The van der Waals surface area contributed by atoms with E-state index in [1.807, 2.05) is 48.5 Å². The van der Waals surface area contributed by atoms with E-state index in [9.17, 15) is 5.11 Å². The highest BCUT2D eigenvalue weighted by Gasteiger charge is 2.14. The fourth-order valence-corrected chi connectivity index (χ4v) is 3.36. The molecule has 2 heterocycles. The van der Waals surface area contributed by atoms with Crippen molar-refractivity contribution in [2.24, 2.45) is 0 Å². The summed E-state index contributed by atoms with van der Waals surface area (Å²) in [4.78, 5) is 0. The van der Waals surface area contributed by atoms with E-state index in [-0.39, 0.29) is 13.4 Å². The Labute approximate surface area is 160 Å². The molecule has 9 heteroatoms. The van der Waals surface area contributed by atoms with Crippen molar-refractivity contribution < 1.29 is 19.3 Å². The lowest BCUT2D eigenvalue weighted by Crippen LogP contribution is -2.18. The Kier molecular flexibility index (Phi) is 5.52. The monoisotopic (exact) mass is 386 g/mol. The predicted octanol–water partition coefficient (Wildman–Crippen LogP) is 2.06. The summed E-state index contributed by atoms with van der Waals surface area (Å²) >= 11 is 1.38. The molecule has 1 aliphatic rings. The minimum atomic E-state index is -0.634. The second-order valence-electron chi connectivity index (χ2n) is 5.88. The lowest BCUT2D eigenvalue weighted by molar-refractivity contribution is 0.0397. The summed E-state index contributed by atoms with van der Waals surface area (Å²) in [6, 6.07) is 15.3. The number of fused-ring (bicyclic) bond motifs is 1. The molecular formula is C18H18N4O4S. The quantitative estimate of drug-likeness (QED) is 0.588. The molecule has 27 heavy (non-hydrogen) atoms. The molecular weight excluding hydrogens is 368 g/mol. The van der Waals surface area contributed by atoms with Crippen molar-refractivity contribution in [2.45, 2.75) is 17.9 Å². The number of benzene rings is 2. The standard InChI is InChI=1S/C18H18N4O4S/c23-15(10-24-9-13-6-7-16-17(8-13)26-12-25-16)11-27-18-19-20-21-22(18)14-4-2-1-3-5-14/h1-8,15,23H,9-12H2. The summed E-state index contributed by atoms with van der Waals surface area (Å²) in [6.45, 7) is 0.854. The highest BCUT2D eigenvalue weighted by molar-refractivity contribution is 7.99. The largest absolute Gasteiger partial charge is 0.454 e. The maximum atomic E-state index is 10.2. The van der Waals surface area contributed by atoms with Gasteiger partial charge in [-0.05, 0) is 40.3 Å². The zero-order chi connectivity index (χ0) is 18.5. The van der Waals surface area contributed by atoms with Crippen LogP contribution in [0.2, 0.25) is 0 Å². The molecule has 2 aromatic carbocycles. The van der Waals surface area contributed by atoms with Crippen molar-refractivity contribution in [3.05, 3.63) is 54.1 Å². The Balaban J connectivity index is 1.25. The van der Waals surface area contributed by atoms with Crippen LogP contribution in [-0.2, 0) is 11.3 Å². The Morgan fingerprint density at radius 1 is 1.15 bits per heavy atom. The van der Waals surface area contributed by atoms with Crippen LogP contribution in [0.4, 0.5) is 0 Å². The van der Waals surface area contributed by atoms with Gasteiger partial charge < -0.3 is 19.3 Å². The Hall–Kier alpha value is -2.62. The third-order valence-electron chi connectivity index (χ3n) is 3.86. The maximum Gasteiger partial charge on any atom is 0.231 e. The van der Waals surface area contributed by atoms with Crippen molar-refractivity contribution >= 4 is 11.8 Å². The molecule has 3 aromatic rings. The van der Waals surface area contributed by atoms with Crippen LogP contribution in [-0.4, -0.2) is 50.6 Å².